The largest absolute Gasteiger partial charge is 0.273 e. The van der Waals surface area contributed by atoms with E-state index in [1.807, 2.05) is 24.3 Å². The molecule has 1 aliphatic carbocycles. The number of amides is 1. The van der Waals surface area contributed by atoms with Crippen molar-refractivity contribution >= 4 is 16.9 Å². The smallest absolute Gasteiger partial charge is 0.241 e. The van der Waals surface area contributed by atoms with Crippen molar-refractivity contribution in [1.82, 2.24) is 9.66 Å². The van der Waals surface area contributed by atoms with Crippen LogP contribution in [0.5, 0.6) is 0 Å². The van der Waals surface area contributed by atoms with Gasteiger partial charge in [-0.05, 0) is 25.0 Å². The number of hydrogen-bond acceptors (Lipinski definition) is 2. The molecule has 0 unspecified atom stereocenters. The lowest BCUT2D eigenvalue weighted by Crippen LogP contribution is -2.32. The molecule has 1 saturated carbocycles. The molecule has 2 aromatic rings. The number of aromatic nitrogens is 2. The lowest BCUT2D eigenvalue weighted by atomic mass is 9.85. The molecule has 0 spiro atoms. The molecule has 82 valence electrons. The van der Waals surface area contributed by atoms with Crippen LogP contribution in [0, 0.1) is 5.92 Å². The lowest BCUT2D eigenvalue weighted by molar-refractivity contribution is -0.123. The van der Waals surface area contributed by atoms with Gasteiger partial charge in [-0.1, -0.05) is 18.6 Å². The van der Waals surface area contributed by atoms with Crippen LogP contribution in [-0.4, -0.2) is 15.6 Å². The number of hydrogen-bond donors (Lipinski definition) is 1. The number of nitrogens with zero attached hydrogens (tertiary/aromatic N) is 2. The van der Waals surface area contributed by atoms with E-state index >= 15 is 0 Å². The molecular weight excluding hydrogens is 202 g/mol. The minimum atomic E-state index is 0.106. The highest BCUT2D eigenvalue weighted by molar-refractivity contribution is 5.88. The third-order valence-electron chi connectivity index (χ3n) is 3.16. The van der Waals surface area contributed by atoms with Gasteiger partial charge in [-0.25, -0.2) is 9.66 Å². The predicted octanol–water partition coefficient (Wildman–Crippen LogP) is 1.91. The number of carbonyl (C=O) groups excluding carboxylic acids is 1. The number of para-hydroxylation sites is 2. The summed E-state index contributed by atoms with van der Waals surface area (Å²) < 4.78 is 1.70. The zero-order valence-corrected chi connectivity index (χ0v) is 8.89. The monoisotopic (exact) mass is 215 g/mol. The zero-order valence-electron chi connectivity index (χ0n) is 8.89. The Kier molecular flexibility index (Phi) is 2.13. The predicted molar refractivity (Wildman–Crippen MR) is 61.4 cm³/mol. The molecule has 3 rings (SSSR count). The fraction of sp³-hybridized carbons (Fsp3) is 0.333. The summed E-state index contributed by atoms with van der Waals surface area (Å²) in [6.45, 7) is 0. The standard InChI is InChI=1S/C12H13N3O/c16-12(9-4-3-5-9)14-15-8-13-10-6-1-2-7-11(10)15/h1-2,6-9H,3-5H2,(H,14,16). The Morgan fingerprint density at radius 2 is 2.19 bits per heavy atom. The average Bonchev–Trinajstić information content (AvgIpc) is 2.59. The first-order chi connectivity index (χ1) is 7.84. The molecule has 0 radical (unpaired) electrons. The van der Waals surface area contributed by atoms with Gasteiger partial charge in [0.15, 0.2) is 0 Å². The van der Waals surface area contributed by atoms with E-state index in [1.165, 1.54) is 6.42 Å². The number of rotatable bonds is 2. The van der Waals surface area contributed by atoms with E-state index in [9.17, 15) is 4.79 Å². The summed E-state index contributed by atoms with van der Waals surface area (Å²) in [5.41, 5.74) is 4.72. The molecule has 1 aliphatic rings. The highest BCUT2D eigenvalue weighted by atomic mass is 16.2. The molecule has 4 heteroatoms. The summed E-state index contributed by atoms with van der Waals surface area (Å²) in [6, 6.07) is 7.76. The molecule has 0 aliphatic heterocycles. The van der Waals surface area contributed by atoms with Crippen molar-refractivity contribution in [3.8, 4) is 0 Å². The van der Waals surface area contributed by atoms with Crippen LogP contribution in [0.2, 0.25) is 0 Å². The summed E-state index contributed by atoms with van der Waals surface area (Å²) in [5.74, 6) is 0.301. The van der Waals surface area contributed by atoms with Crippen molar-refractivity contribution in [2.24, 2.45) is 5.92 Å². The molecule has 0 saturated heterocycles. The van der Waals surface area contributed by atoms with Gasteiger partial charge in [-0.15, -0.1) is 0 Å². The van der Waals surface area contributed by atoms with E-state index in [-0.39, 0.29) is 11.8 Å². The van der Waals surface area contributed by atoms with Crippen LogP contribution in [-0.2, 0) is 4.79 Å². The molecule has 1 aromatic carbocycles. The second-order valence-corrected chi connectivity index (χ2v) is 4.21. The average molecular weight is 215 g/mol. The van der Waals surface area contributed by atoms with Crippen LogP contribution in [0.25, 0.3) is 11.0 Å². The normalized spacial score (nSPS) is 16.0. The second-order valence-electron chi connectivity index (χ2n) is 4.21. The Morgan fingerprint density at radius 1 is 1.38 bits per heavy atom. The minimum absolute atomic E-state index is 0.106. The van der Waals surface area contributed by atoms with Gasteiger partial charge in [0.25, 0.3) is 0 Å². The first-order valence-corrected chi connectivity index (χ1v) is 5.57. The van der Waals surface area contributed by atoms with Crippen molar-refractivity contribution in [3.63, 3.8) is 0 Å². The Bertz CT molecular complexity index is 528. The van der Waals surface area contributed by atoms with Crippen molar-refractivity contribution < 1.29 is 4.79 Å². The first-order valence-electron chi connectivity index (χ1n) is 5.57. The van der Waals surface area contributed by atoms with E-state index in [4.69, 9.17) is 0 Å². The van der Waals surface area contributed by atoms with E-state index in [2.05, 4.69) is 10.4 Å². The number of carbonyl (C=O) groups is 1. The Labute approximate surface area is 93.3 Å². The van der Waals surface area contributed by atoms with Crippen molar-refractivity contribution in [3.05, 3.63) is 30.6 Å². The SMILES string of the molecule is O=C(Nn1cnc2ccccc21)C1CCC1. The summed E-state index contributed by atoms with van der Waals surface area (Å²) in [7, 11) is 0. The van der Waals surface area contributed by atoms with Gasteiger partial charge in [0.1, 0.15) is 6.33 Å². The summed E-state index contributed by atoms with van der Waals surface area (Å²) >= 11 is 0. The Morgan fingerprint density at radius 3 is 2.94 bits per heavy atom. The van der Waals surface area contributed by atoms with E-state index < -0.39 is 0 Å². The zero-order chi connectivity index (χ0) is 11.0. The second kappa shape index (κ2) is 3.63. The summed E-state index contributed by atoms with van der Waals surface area (Å²) in [5, 5.41) is 0. The molecule has 1 amide bonds. The van der Waals surface area contributed by atoms with Gasteiger partial charge in [0, 0.05) is 5.92 Å². The molecule has 0 atom stereocenters. The molecule has 1 fully saturated rings. The van der Waals surface area contributed by atoms with Crippen molar-refractivity contribution in [2.75, 3.05) is 5.43 Å². The van der Waals surface area contributed by atoms with Crippen LogP contribution >= 0.6 is 0 Å². The minimum Gasteiger partial charge on any atom is -0.273 e. The number of benzene rings is 1. The molecule has 1 aromatic heterocycles. The van der Waals surface area contributed by atoms with Crippen molar-refractivity contribution in [2.45, 2.75) is 19.3 Å². The van der Waals surface area contributed by atoms with Gasteiger partial charge in [0.05, 0.1) is 11.0 Å². The summed E-state index contributed by atoms with van der Waals surface area (Å²) in [4.78, 5) is 16.0. The third-order valence-corrected chi connectivity index (χ3v) is 3.16. The maximum Gasteiger partial charge on any atom is 0.241 e. The maximum absolute atomic E-state index is 11.8. The van der Waals surface area contributed by atoms with Gasteiger partial charge in [0.2, 0.25) is 5.91 Å². The Balaban J connectivity index is 1.86. The van der Waals surface area contributed by atoms with Crippen molar-refractivity contribution in [1.29, 1.82) is 0 Å². The van der Waals surface area contributed by atoms with Gasteiger partial charge < -0.3 is 0 Å². The van der Waals surface area contributed by atoms with Crippen LogP contribution in [0.4, 0.5) is 0 Å². The Hall–Kier alpha value is -1.84. The fourth-order valence-electron chi connectivity index (χ4n) is 1.93. The van der Waals surface area contributed by atoms with Crippen LogP contribution in [0.1, 0.15) is 19.3 Å². The number of fused-ring (bicyclic) bond motifs is 1. The highest BCUT2D eigenvalue weighted by Crippen LogP contribution is 2.26. The number of nitrogens with one attached hydrogen (secondary N) is 1. The topological polar surface area (TPSA) is 46.9 Å². The lowest BCUT2D eigenvalue weighted by Gasteiger charge is -2.24. The quantitative estimate of drug-likeness (QED) is 0.831. The molecular formula is C12H13N3O. The summed E-state index contributed by atoms with van der Waals surface area (Å²) in [6.07, 6.45) is 4.85. The van der Waals surface area contributed by atoms with Crippen LogP contribution < -0.4 is 5.43 Å². The fourth-order valence-corrected chi connectivity index (χ4v) is 1.93. The molecule has 1 heterocycles. The van der Waals surface area contributed by atoms with Gasteiger partial charge >= 0.3 is 0 Å². The van der Waals surface area contributed by atoms with E-state index in [0.29, 0.717) is 0 Å². The number of imidazole rings is 1. The van der Waals surface area contributed by atoms with E-state index in [0.717, 1.165) is 23.9 Å². The molecule has 0 bridgehead atoms. The van der Waals surface area contributed by atoms with E-state index in [1.54, 1.807) is 11.0 Å². The van der Waals surface area contributed by atoms with Gasteiger partial charge in [-0.3, -0.25) is 10.2 Å². The molecule has 16 heavy (non-hydrogen) atoms. The molecule has 1 N–H and O–H groups in total. The van der Waals surface area contributed by atoms with Crippen LogP contribution in [0.3, 0.4) is 0 Å². The third kappa shape index (κ3) is 1.46. The maximum atomic E-state index is 11.8. The van der Waals surface area contributed by atoms with Gasteiger partial charge in [-0.2, -0.15) is 0 Å². The van der Waals surface area contributed by atoms with Crippen LogP contribution in [0.15, 0.2) is 30.6 Å². The molecule has 4 nitrogen and oxygen atoms in total. The highest BCUT2D eigenvalue weighted by Gasteiger charge is 2.25. The first kappa shape index (κ1) is 9.39.